The molecule has 2 aromatic carbocycles. The molecule has 0 spiro atoms. The second kappa shape index (κ2) is 11.6. The van der Waals surface area contributed by atoms with Gasteiger partial charge in [0.05, 0.1) is 16.3 Å². The average molecular weight is 606 g/mol. The van der Waals surface area contributed by atoms with Crippen LogP contribution >= 0.6 is 47.0 Å². The number of carbonyl (C=O) groups excluding carboxylic acids is 1. The summed E-state index contributed by atoms with van der Waals surface area (Å²) in [5.41, 5.74) is -3.37. The number of amides is 1. The number of sulfone groups is 1. The number of alkyl halides is 6. The molecule has 4 N–H and O–H groups in total. The Morgan fingerprint density at radius 3 is 2.08 bits per heavy atom. The van der Waals surface area contributed by atoms with E-state index in [0.29, 0.717) is 12.1 Å². The van der Waals surface area contributed by atoms with Crippen LogP contribution in [0.4, 0.5) is 24.5 Å². The van der Waals surface area contributed by atoms with Crippen LogP contribution in [0.2, 0.25) is 0 Å². The van der Waals surface area contributed by atoms with Gasteiger partial charge in [0.2, 0.25) is 3.79 Å². The van der Waals surface area contributed by atoms with E-state index in [1.54, 1.807) is 19.1 Å². The van der Waals surface area contributed by atoms with Gasteiger partial charge in [-0.05, 0) is 63.3 Å². The maximum absolute atomic E-state index is 13.0. The Balaban J connectivity index is 2.31. The molecule has 0 fully saturated rings. The van der Waals surface area contributed by atoms with Crippen LogP contribution in [0.3, 0.4) is 0 Å². The van der Waals surface area contributed by atoms with Crippen LogP contribution in [-0.2, 0) is 9.84 Å². The molecule has 1 atom stereocenters. The molecule has 0 saturated carbocycles. The summed E-state index contributed by atoms with van der Waals surface area (Å²) in [6.07, 6.45) is -1.37. The van der Waals surface area contributed by atoms with Crippen molar-refractivity contribution >= 4 is 79.3 Å². The van der Waals surface area contributed by atoms with E-state index >= 15 is 0 Å². The van der Waals surface area contributed by atoms with Gasteiger partial charge in [0.15, 0.2) is 5.11 Å². The van der Waals surface area contributed by atoms with E-state index in [1.165, 1.54) is 0 Å². The summed E-state index contributed by atoms with van der Waals surface area (Å²) in [5.74, 6) is -0.583. The van der Waals surface area contributed by atoms with E-state index in [-0.39, 0.29) is 16.5 Å². The third-order valence-electron chi connectivity index (χ3n) is 4.58. The van der Waals surface area contributed by atoms with Crippen LogP contribution in [0.15, 0.2) is 41.3 Å². The monoisotopic (exact) mass is 604 g/mol. The van der Waals surface area contributed by atoms with Crippen LogP contribution in [-0.4, -0.2) is 41.4 Å². The molecule has 36 heavy (non-hydrogen) atoms. The predicted octanol–water partition coefficient (Wildman–Crippen LogP) is 5.44. The van der Waals surface area contributed by atoms with Crippen molar-refractivity contribution in [3.63, 3.8) is 0 Å². The lowest BCUT2D eigenvalue weighted by Crippen LogP contribution is -2.56. The molecule has 0 bridgehead atoms. The first-order valence-electron chi connectivity index (χ1n) is 10.2. The standard InChI is InChI=1S/C21H22Cl3F3N4O3S2/c1-4-28-15-6-5-14(36(33,34)21(25,26)27)10-16(15)29-19(35)31-18(20(22,23)24)30-17(32)13-8-11(2)7-12(3)9-13/h5-10,18,28H,4H2,1-3H3,(H,30,32)(H2,29,31,35). The minimum absolute atomic E-state index is 0.0941. The maximum Gasteiger partial charge on any atom is 0.501 e. The minimum atomic E-state index is -5.62. The molecule has 0 aliphatic heterocycles. The molecule has 0 saturated heterocycles. The Kier molecular flexibility index (Phi) is 9.74. The fourth-order valence-corrected chi connectivity index (χ4v) is 4.42. The number of aryl methyl sites for hydroxylation is 2. The fraction of sp³-hybridized carbons (Fsp3) is 0.333. The van der Waals surface area contributed by atoms with Crippen molar-refractivity contribution in [1.82, 2.24) is 10.6 Å². The molecule has 0 aliphatic rings. The summed E-state index contributed by atoms with van der Waals surface area (Å²) in [6, 6.07) is 7.87. The van der Waals surface area contributed by atoms with E-state index in [9.17, 15) is 26.4 Å². The predicted molar refractivity (Wildman–Crippen MR) is 141 cm³/mol. The molecule has 0 aromatic heterocycles. The lowest BCUT2D eigenvalue weighted by Gasteiger charge is -2.28. The van der Waals surface area contributed by atoms with Gasteiger partial charge in [-0.25, -0.2) is 8.42 Å². The van der Waals surface area contributed by atoms with E-state index in [4.69, 9.17) is 47.0 Å². The number of carbonyl (C=O) groups is 1. The number of anilines is 2. The van der Waals surface area contributed by atoms with Crippen LogP contribution in [0.1, 0.15) is 28.4 Å². The number of hydrogen-bond acceptors (Lipinski definition) is 5. The molecule has 2 aromatic rings. The Morgan fingerprint density at radius 2 is 1.58 bits per heavy atom. The smallest absolute Gasteiger partial charge is 0.384 e. The van der Waals surface area contributed by atoms with Crippen LogP contribution in [0, 0.1) is 13.8 Å². The van der Waals surface area contributed by atoms with Gasteiger partial charge in [0.25, 0.3) is 15.7 Å². The summed E-state index contributed by atoms with van der Waals surface area (Å²) in [4.78, 5) is 11.8. The van der Waals surface area contributed by atoms with Crippen molar-refractivity contribution in [3.8, 4) is 0 Å². The van der Waals surface area contributed by atoms with Gasteiger partial charge < -0.3 is 21.3 Å². The number of thiocarbonyl (C=S) groups is 1. The summed E-state index contributed by atoms with van der Waals surface area (Å²) in [7, 11) is -5.62. The second-order valence-corrected chi connectivity index (χ2v) is 12.3. The van der Waals surface area contributed by atoms with Gasteiger partial charge in [-0.3, -0.25) is 4.79 Å². The Hall–Kier alpha value is -1.99. The topological polar surface area (TPSA) is 99.3 Å². The van der Waals surface area contributed by atoms with Crippen molar-refractivity contribution in [2.75, 3.05) is 17.2 Å². The van der Waals surface area contributed by atoms with Gasteiger partial charge in [-0.1, -0.05) is 52.0 Å². The minimum Gasteiger partial charge on any atom is -0.384 e. The summed E-state index contributed by atoms with van der Waals surface area (Å²) >= 11 is 23.2. The fourth-order valence-electron chi connectivity index (χ4n) is 3.08. The first-order chi connectivity index (χ1) is 16.5. The SMILES string of the molecule is CCNc1ccc(S(=O)(=O)C(F)(F)F)cc1NC(=S)NC(NC(=O)c1cc(C)cc(C)c1)C(Cl)(Cl)Cl. The highest BCUT2D eigenvalue weighted by atomic mass is 35.6. The number of hydrogen-bond donors (Lipinski definition) is 4. The number of nitrogens with one attached hydrogen (secondary N) is 4. The van der Waals surface area contributed by atoms with Crippen LogP contribution < -0.4 is 21.3 Å². The van der Waals surface area contributed by atoms with Gasteiger partial charge in [0, 0.05) is 12.1 Å². The molecule has 0 heterocycles. The molecule has 1 unspecified atom stereocenters. The number of benzene rings is 2. The maximum atomic E-state index is 13.0. The highest BCUT2D eigenvalue weighted by Gasteiger charge is 2.47. The van der Waals surface area contributed by atoms with E-state index < -0.39 is 36.1 Å². The normalized spacial score (nSPS) is 13.0. The van der Waals surface area contributed by atoms with Crippen molar-refractivity contribution in [2.24, 2.45) is 0 Å². The Morgan fingerprint density at radius 1 is 1.00 bits per heavy atom. The van der Waals surface area contributed by atoms with Gasteiger partial charge in [0.1, 0.15) is 6.17 Å². The third kappa shape index (κ3) is 7.75. The summed E-state index contributed by atoms with van der Waals surface area (Å²) in [6.45, 7) is 5.70. The second-order valence-electron chi connectivity index (χ2n) is 7.61. The zero-order valence-electron chi connectivity index (χ0n) is 19.1. The number of halogens is 6. The number of rotatable bonds is 7. The molecule has 1 amide bonds. The third-order valence-corrected chi connectivity index (χ3v) is 6.94. The molecule has 7 nitrogen and oxygen atoms in total. The van der Waals surface area contributed by atoms with Crippen LogP contribution in [0.25, 0.3) is 0 Å². The van der Waals surface area contributed by atoms with Crippen molar-refractivity contribution in [2.45, 2.75) is 41.1 Å². The molecular formula is C21H22Cl3F3N4O3S2. The molecule has 2 rings (SSSR count). The molecule has 198 valence electrons. The Bertz CT molecular complexity index is 1230. The first kappa shape index (κ1) is 30.2. The van der Waals surface area contributed by atoms with E-state index in [1.807, 2.05) is 19.9 Å². The quantitative estimate of drug-likeness (QED) is 0.190. The Labute approximate surface area is 227 Å². The van der Waals surface area contributed by atoms with Crippen molar-refractivity contribution in [1.29, 1.82) is 0 Å². The van der Waals surface area contributed by atoms with E-state index in [0.717, 1.165) is 29.3 Å². The zero-order valence-corrected chi connectivity index (χ0v) is 23.0. The molecule has 15 heteroatoms. The largest absolute Gasteiger partial charge is 0.501 e. The van der Waals surface area contributed by atoms with E-state index in [2.05, 4.69) is 21.3 Å². The van der Waals surface area contributed by atoms with Crippen LogP contribution in [0.5, 0.6) is 0 Å². The van der Waals surface area contributed by atoms with Crippen molar-refractivity contribution < 1.29 is 26.4 Å². The van der Waals surface area contributed by atoms with Crippen molar-refractivity contribution in [3.05, 3.63) is 53.1 Å². The summed E-state index contributed by atoms with van der Waals surface area (Å²) in [5, 5.41) is 10.3. The van der Waals surface area contributed by atoms with Gasteiger partial charge in [-0.15, -0.1) is 0 Å². The average Bonchev–Trinajstić information content (AvgIpc) is 2.72. The van der Waals surface area contributed by atoms with Gasteiger partial charge >= 0.3 is 5.51 Å². The molecule has 0 radical (unpaired) electrons. The highest BCUT2D eigenvalue weighted by molar-refractivity contribution is 7.92. The lowest BCUT2D eigenvalue weighted by molar-refractivity contribution is -0.0436. The highest BCUT2D eigenvalue weighted by Crippen LogP contribution is 2.34. The summed E-state index contributed by atoms with van der Waals surface area (Å²) < 4.78 is 60.7. The molecular weight excluding hydrogens is 584 g/mol. The zero-order chi connectivity index (χ0) is 27.5. The first-order valence-corrected chi connectivity index (χ1v) is 13.2. The molecule has 0 aliphatic carbocycles. The lowest BCUT2D eigenvalue weighted by atomic mass is 10.1. The van der Waals surface area contributed by atoms with Gasteiger partial charge in [-0.2, -0.15) is 13.2 Å².